The molecular weight excluding hydrogens is 350 g/mol. The summed E-state index contributed by atoms with van der Waals surface area (Å²) in [6.45, 7) is -0.122. The van der Waals surface area contributed by atoms with Gasteiger partial charge in [-0.15, -0.1) is 11.3 Å². The number of rotatable bonds is 8. The quantitative estimate of drug-likeness (QED) is 0.576. The second-order valence-corrected chi connectivity index (χ2v) is 6.28. The lowest BCUT2D eigenvalue weighted by Crippen LogP contribution is -2.28. The lowest BCUT2D eigenvalue weighted by Gasteiger charge is -2.07. The fourth-order valence-corrected chi connectivity index (χ4v) is 2.78. The highest BCUT2D eigenvalue weighted by Gasteiger charge is 2.12. The average molecular weight is 366 g/mol. The van der Waals surface area contributed by atoms with Crippen LogP contribution < -0.4 is 5.32 Å². The van der Waals surface area contributed by atoms with Gasteiger partial charge in [0.15, 0.2) is 12.4 Å². The predicted molar refractivity (Wildman–Crippen MR) is 92.1 cm³/mol. The number of ketones is 1. The third kappa shape index (κ3) is 5.79. The van der Waals surface area contributed by atoms with E-state index in [9.17, 15) is 14.4 Å². The Morgan fingerprint density at radius 3 is 2.58 bits per heavy atom. The SMILES string of the molecule is O=C(COC(=O)CCC(=O)c1cccs1)NCc1ccccc1Cl. The summed E-state index contributed by atoms with van der Waals surface area (Å²) in [5.41, 5.74) is 0.778. The molecule has 7 heteroatoms. The number of carbonyl (C=O) groups is 3. The zero-order valence-corrected chi connectivity index (χ0v) is 14.4. The Morgan fingerprint density at radius 2 is 1.88 bits per heavy atom. The van der Waals surface area contributed by atoms with Crippen LogP contribution in [0.5, 0.6) is 0 Å². The minimum atomic E-state index is -0.576. The molecule has 0 saturated heterocycles. The number of amides is 1. The molecule has 5 nitrogen and oxygen atoms in total. The van der Waals surface area contributed by atoms with Crippen LogP contribution in [0, 0.1) is 0 Å². The van der Waals surface area contributed by atoms with Crippen LogP contribution in [-0.2, 0) is 20.9 Å². The average Bonchev–Trinajstić information content (AvgIpc) is 3.11. The van der Waals surface area contributed by atoms with Crippen LogP contribution in [0.4, 0.5) is 0 Å². The van der Waals surface area contributed by atoms with Crippen LogP contribution in [0.2, 0.25) is 5.02 Å². The Balaban J connectivity index is 1.65. The van der Waals surface area contributed by atoms with E-state index in [1.54, 1.807) is 35.7 Å². The molecule has 0 aliphatic rings. The topological polar surface area (TPSA) is 72.5 Å². The molecule has 0 spiro atoms. The Morgan fingerprint density at radius 1 is 1.08 bits per heavy atom. The molecule has 2 rings (SSSR count). The molecule has 1 aromatic carbocycles. The van der Waals surface area contributed by atoms with Crippen LogP contribution in [0.1, 0.15) is 28.1 Å². The highest BCUT2D eigenvalue weighted by molar-refractivity contribution is 7.12. The minimum Gasteiger partial charge on any atom is -0.456 e. The monoisotopic (exact) mass is 365 g/mol. The largest absolute Gasteiger partial charge is 0.456 e. The molecule has 1 heterocycles. The Bertz CT molecular complexity index is 715. The van der Waals surface area contributed by atoms with E-state index in [4.69, 9.17) is 16.3 Å². The maximum Gasteiger partial charge on any atom is 0.306 e. The van der Waals surface area contributed by atoms with E-state index < -0.39 is 11.9 Å². The Labute approximate surface area is 148 Å². The smallest absolute Gasteiger partial charge is 0.306 e. The summed E-state index contributed by atoms with van der Waals surface area (Å²) >= 11 is 7.31. The predicted octanol–water partition coefficient (Wildman–Crippen LogP) is 3.22. The first-order valence-corrected chi connectivity index (χ1v) is 8.54. The number of nitrogens with one attached hydrogen (secondary N) is 1. The number of halogens is 1. The van der Waals surface area contributed by atoms with Crippen molar-refractivity contribution in [2.75, 3.05) is 6.61 Å². The maximum atomic E-state index is 11.8. The molecule has 24 heavy (non-hydrogen) atoms. The number of Topliss-reactive ketones (excluding diaryl/α,β-unsaturated/α-hetero) is 1. The fraction of sp³-hybridized carbons (Fsp3) is 0.235. The second-order valence-electron chi connectivity index (χ2n) is 4.93. The summed E-state index contributed by atoms with van der Waals surface area (Å²) in [6.07, 6.45) is 0.0229. The number of thiophene rings is 1. The number of esters is 1. The number of carbonyl (C=O) groups excluding carboxylic acids is 3. The first kappa shape index (κ1) is 18.2. The Hall–Kier alpha value is -2.18. The zero-order chi connectivity index (χ0) is 17.4. The van der Waals surface area contributed by atoms with Gasteiger partial charge in [0.05, 0.1) is 11.3 Å². The van der Waals surface area contributed by atoms with Gasteiger partial charge in [-0.1, -0.05) is 35.9 Å². The van der Waals surface area contributed by atoms with Gasteiger partial charge in [0.2, 0.25) is 0 Å². The third-order valence-corrected chi connectivity index (χ3v) is 4.43. The standard InChI is InChI=1S/C17H16ClNO4S/c18-13-5-2-1-4-12(13)10-19-16(21)11-23-17(22)8-7-14(20)15-6-3-9-24-15/h1-6,9H,7-8,10-11H2,(H,19,21). The summed E-state index contributed by atoms with van der Waals surface area (Å²) < 4.78 is 4.86. The summed E-state index contributed by atoms with van der Waals surface area (Å²) in [4.78, 5) is 35.6. The summed E-state index contributed by atoms with van der Waals surface area (Å²) in [5.74, 6) is -1.11. The first-order chi connectivity index (χ1) is 11.6. The van der Waals surface area contributed by atoms with Crippen LogP contribution in [0.3, 0.4) is 0 Å². The minimum absolute atomic E-state index is 0.0471. The van der Waals surface area contributed by atoms with Crippen LogP contribution >= 0.6 is 22.9 Å². The van der Waals surface area contributed by atoms with Crippen molar-refractivity contribution in [2.24, 2.45) is 0 Å². The number of ether oxygens (including phenoxy) is 1. The van der Waals surface area contributed by atoms with Crippen molar-refractivity contribution in [2.45, 2.75) is 19.4 Å². The van der Waals surface area contributed by atoms with E-state index in [1.165, 1.54) is 11.3 Å². The molecule has 2 aromatic rings. The number of hydrogen-bond donors (Lipinski definition) is 1. The van der Waals surface area contributed by atoms with Crippen molar-refractivity contribution >= 4 is 40.6 Å². The van der Waals surface area contributed by atoms with Gasteiger partial charge in [0.25, 0.3) is 5.91 Å². The number of hydrogen-bond acceptors (Lipinski definition) is 5. The molecule has 1 aromatic heterocycles. The third-order valence-electron chi connectivity index (χ3n) is 3.15. The van der Waals surface area contributed by atoms with Gasteiger partial charge >= 0.3 is 5.97 Å². The molecule has 0 atom stereocenters. The van der Waals surface area contributed by atoms with Gasteiger partial charge in [-0.2, -0.15) is 0 Å². The highest BCUT2D eigenvalue weighted by atomic mass is 35.5. The van der Waals surface area contributed by atoms with E-state index in [0.717, 1.165) is 5.56 Å². The normalized spacial score (nSPS) is 10.2. The van der Waals surface area contributed by atoms with Crippen LogP contribution in [-0.4, -0.2) is 24.3 Å². The lowest BCUT2D eigenvalue weighted by molar-refractivity contribution is -0.148. The Kier molecular flexibility index (Phi) is 6.96. The van der Waals surface area contributed by atoms with Crippen molar-refractivity contribution < 1.29 is 19.1 Å². The molecule has 1 N–H and O–H groups in total. The molecule has 126 valence electrons. The summed E-state index contributed by atoms with van der Waals surface area (Å²) in [7, 11) is 0. The molecule has 1 amide bonds. The molecule has 0 saturated carbocycles. The molecule has 0 unspecified atom stereocenters. The molecule has 0 fully saturated rings. The maximum absolute atomic E-state index is 11.8. The van der Waals surface area contributed by atoms with E-state index in [1.807, 2.05) is 6.07 Å². The van der Waals surface area contributed by atoms with Gasteiger partial charge in [0, 0.05) is 18.0 Å². The summed E-state index contributed by atoms with van der Waals surface area (Å²) in [5, 5.41) is 4.97. The van der Waals surface area contributed by atoms with Crippen molar-refractivity contribution in [1.82, 2.24) is 5.32 Å². The van der Waals surface area contributed by atoms with E-state index in [2.05, 4.69) is 5.32 Å². The van der Waals surface area contributed by atoms with Crippen molar-refractivity contribution in [3.8, 4) is 0 Å². The van der Waals surface area contributed by atoms with E-state index in [0.29, 0.717) is 9.90 Å². The van der Waals surface area contributed by atoms with E-state index in [-0.39, 0.29) is 31.8 Å². The zero-order valence-electron chi connectivity index (χ0n) is 12.8. The van der Waals surface area contributed by atoms with Gasteiger partial charge in [-0.25, -0.2) is 0 Å². The van der Waals surface area contributed by atoms with Crippen LogP contribution in [0.15, 0.2) is 41.8 Å². The van der Waals surface area contributed by atoms with Gasteiger partial charge < -0.3 is 10.1 Å². The molecule has 0 radical (unpaired) electrons. The van der Waals surface area contributed by atoms with E-state index >= 15 is 0 Å². The van der Waals surface area contributed by atoms with Gasteiger partial charge in [-0.3, -0.25) is 14.4 Å². The van der Waals surface area contributed by atoms with Crippen molar-refractivity contribution in [1.29, 1.82) is 0 Å². The molecule has 0 bridgehead atoms. The lowest BCUT2D eigenvalue weighted by atomic mass is 10.2. The van der Waals surface area contributed by atoms with Crippen LogP contribution in [0.25, 0.3) is 0 Å². The molecule has 0 aliphatic heterocycles. The van der Waals surface area contributed by atoms with Gasteiger partial charge in [-0.05, 0) is 23.1 Å². The number of benzene rings is 1. The second kappa shape index (κ2) is 9.20. The first-order valence-electron chi connectivity index (χ1n) is 7.28. The fourth-order valence-electron chi connectivity index (χ4n) is 1.88. The highest BCUT2D eigenvalue weighted by Crippen LogP contribution is 2.14. The van der Waals surface area contributed by atoms with Crippen molar-refractivity contribution in [3.05, 3.63) is 57.2 Å². The molecular formula is C17H16ClNO4S. The van der Waals surface area contributed by atoms with Gasteiger partial charge in [0.1, 0.15) is 0 Å². The summed E-state index contributed by atoms with van der Waals surface area (Å²) in [6, 6.07) is 10.6. The molecule has 0 aliphatic carbocycles. The van der Waals surface area contributed by atoms with Crippen molar-refractivity contribution in [3.63, 3.8) is 0 Å².